The fourth-order valence-corrected chi connectivity index (χ4v) is 4.04. The van der Waals surface area contributed by atoms with Gasteiger partial charge in [0.25, 0.3) is 0 Å². The first kappa shape index (κ1) is 25.4. The highest BCUT2D eigenvalue weighted by molar-refractivity contribution is 7.98. The van der Waals surface area contributed by atoms with Crippen LogP contribution in [0.15, 0.2) is 60.7 Å². The summed E-state index contributed by atoms with van der Waals surface area (Å²) in [5.74, 6) is -1.51. The maximum absolute atomic E-state index is 12.9. The lowest BCUT2D eigenvalue weighted by Gasteiger charge is -2.22. The number of carbonyl (C=O) groups excluding carboxylic acids is 1. The molecule has 0 aliphatic rings. The third-order valence-corrected chi connectivity index (χ3v) is 5.89. The quantitative estimate of drug-likeness (QED) is 0.270. The van der Waals surface area contributed by atoms with E-state index in [1.165, 1.54) is 0 Å². The van der Waals surface area contributed by atoms with E-state index in [1.54, 1.807) is 42.1 Å². The molecule has 9 heteroatoms. The number of rotatable bonds is 14. The number of nitrogens with one attached hydrogen (secondary N) is 2. The van der Waals surface area contributed by atoms with Crippen LogP contribution in [-0.2, 0) is 20.1 Å². The lowest BCUT2D eigenvalue weighted by atomic mass is 10.1. The number of thioether (sulfide) groups is 1. The van der Waals surface area contributed by atoms with E-state index in [0.717, 1.165) is 5.56 Å². The molecule has 0 fully saturated rings. The van der Waals surface area contributed by atoms with E-state index in [-0.39, 0.29) is 6.42 Å². The van der Waals surface area contributed by atoms with E-state index in [2.05, 4.69) is 10.6 Å². The molecule has 1 amide bonds. The molecule has 0 heterocycles. The van der Waals surface area contributed by atoms with Crippen molar-refractivity contribution in [2.45, 2.75) is 36.7 Å². The van der Waals surface area contributed by atoms with Gasteiger partial charge in [0.2, 0.25) is 5.91 Å². The summed E-state index contributed by atoms with van der Waals surface area (Å²) in [6.07, 6.45) is 0.747. The minimum atomic E-state index is -1.16. The summed E-state index contributed by atoms with van der Waals surface area (Å²) in [6, 6.07) is 15.6. The summed E-state index contributed by atoms with van der Waals surface area (Å²) >= 11 is 1.55. The van der Waals surface area contributed by atoms with Gasteiger partial charge < -0.3 is 26.6 Å². The highest BCUT2D eigenvalue weighted by Crippen LogP contribution is 2.16. The van der Waals surface area contributed by atoms with Crippen LogP contribution >= 0.6 is 11.8 Å². The monoisotopic (exact) mass is 459 g/mol. The van der Waals surface area contributed by atoms with Crippen molar-refractivity contribution >= 4 is 29.6 Å². The predicted octanol–water partition coefficient (Wildman–Crippen LogP) is 2.01. The Hall–Kier alpha value is -2.88. The van der Waals surface area contributed by atoms with Crippen LogP contribution < -0.4 is 16.4 Å². The maximum Gasteiger partial charge on any atom is 0.330 e. The zero-order chi connectivity index (χ0) is 23.3. The van der Waals surface area contributed by atoms with E-state index >= 15 is 0 Å². The summed E-state index contributed by atoms with van der Waals surface area (Å²) in [5, 5.41) is 24.2. The molecule has 0 saturated heterocycles. The van der Waals surface area contributed by atoms with Gasteiger partial charge in [-0.1, -0.05) is 60.7 Å². The number of amides is 1. The van der Waals surface area contributed by atoms with Crippen LogP contribution in [-0.4, -0.2) is 52.4 Å². The maximum atomic E-state index is 12.9. The van der Waals surface area contributed by atoms with Gasteiger partial charge >= 0.3 is 11.9 Å². The van der Waals surface area contributed by atoms with Gasteiger partial charge in [0.15, 0.2) is 6.04 Å². The van der Waals surface area contributed by atoms with Crippen molar-refractivity contribution in [3.63, 3.8) is 0 Å². The molecule has 0 radical (unpaired) electrons. The molecule has 6 N–H and O–H groups in total. The second kappa shape index (κ2) is 13.5. The third-order valence-electron chi connectivity index (χ3n) is 4.78. The molecule has 0 aliphatic heterocycles. The molecule has 0 bridgehead atoms. The molecule has 0 aliphatic carbocycles. The van der Waals surface area contributed by atoms with Crippen molar-refractivity contribution in [2.75, 3.05) is 12.3 Å². The summed E-state index contributed by atoms with van der Waals surface area (Å²) < 4.78 is 0. The zero-order valence-corrected chi connectivity index (χ0v) is 18.5. The fourth-order valence-electron chi connectivity index (χ4n) is 2.99. The van der Waals surface area contributed by atoms with Crippen LogP contribution in [0.5, 0.6) is 0 Å². The molecule has 2 aromatic carbocycles. The van der Waals surface area contributed by atoms with Gasteiger partial charge in [-0.15, -0.1) is 0 Å². The van der Waals surface area contributed by atoms with E-state index in [9.17, 15) is 19.5 Å². The minimum Gasteiger partial charge on any atom is -0.480 e. The lowest BCUT2D eigenvalue weighted by Crippen LogP contribution is -2.48. The van der Waals surface area contributed by atoms with Gasteiger partial charge in [-0.05, 0) is 30.5 Å². The van der Waals surface area contributed by atoms with Crippen molar-refractivity contribution in [3.05, 3.63) is 71.8 Å². The molecule has 0 aromatic heterocycles. The number of nitrogens with two attached hydrogens (primary N) is 1. The largest absolute Gasteiger partial charge is 0.480 e. The Morgan fingerprint density at radius 2 is 1.56 bits per heavy atom. The second-order valence-corrected chi connectivity index (χ2v) is 8.32. The number of aliphatic carboxylic acids is 2. The van der Waals surface area contributed by atoms with Crippen LogP contribution in [0.2, 0.25) is 0 Å². The van der Waals surface area contributed by atoms with Gasteiger partial charge in [-0.3, -0.25) is 9.59 Å². The normalized spacial score (nSPS) is 13.7. The Morgan fingerprint density at radius 3 is 2.16 bits per heavy atom. The Labute approximate surface area is 191 Å². The smallest absolute Gasteiger partial charge is 0.330 e. The van der Waals surface area contributed by atoms with Crippen molar-refractivity contribution < 1.29 is 24.6 Å². The first-order valence-corrected chi connectivity index (χ1v) is 11.5. The van der Waals surface area contributed by atoms with E-state index < -0.39 is 36.0 Å². The van der Waals surface area contributed by atoms with Crippen molar-refractivity contribution in [2.24, 2.45) is 5.73 Å². The van der Waals surface area contributed by atoms with Crippen LogP contribution in [0, 0.1) is 0 Å². The van der Waals surface area contributed by atoms with Crippen LogP contribution in [0.3, 0.4) is 0 Å². The Bertz CT molecular complexity index is 866. The number of hydrogen-bond donors (Lipinski definition) is 5. The molecule has 2 rings (SSSR count). The number of benzene rings is 2. The summed E-state index contributed by atoms with van der Waals surface area (Å²) in [5.41, 5.74) is 7.13. The van der Waals surface area contributed by atoms with Crippen LogP contribution in [0.25, 0.3) is 0 Å². The van der Waals surface area contributed by atoms with Crippen molar-refractivity contribution in [3.8, 4) is 0 Å². The molecule has 0 saturated carbocycles. The first-order chi connectivity index (χ1) is 15.4. The van der Waals surface area contributed by atoms with Gasteiger partial charge in [0.1, 0.15) is 6.04 Å². The zero-order valence-electron chi connectivity index (χ0n) is 17.6. The van der Waals surface area contributed by atoms with E-state index in [1.807, 2.05) is 30.3 Å². The molecular formula is C23H29N3O5S. The second-order valence-electron chi connectivity index (χ2n) is 7.28. The SMILES string of the molecule is N[C@@H](CCCN[C@@H](CSCc1ccccc1)C(=O)NC(C(=O)O)c1ccccc1)C(=O)O. The third kappa shape index (κ3) is 8.70. The molecule has 0 spiro atoms. The number of carboxylic acids is 2. The molecule has 32 heavy (non-hydrogen) atoms. The summed E-state index contributed by atoms with van der Waals surface area (Å²) in [7, 11) is 0. The molecular weight excluding hydrogens is 430 g/mol. The summed E-state index contributed by atoms with van der Waals surface area (Å²) in [6.45, 7) is 0.383. The van der Waals surface area contributed by atoms with Gasteiger partial charge in [0, 0.05) is 11.5 Å². The van der Waals surface area contributed by atoms with Crippen molar-refractivity contribution in [1.29, 1.82) is 0 Å². The average Bonchev–Trinajstić information content (AvgIpc) is 2.79. The predicted molar refractivity (Wildman–Crippen MR) is 124 cm³/mol. The van der Waals surface area contributed by atoms with Gasteiger partial charge in [-0.2, -0.15) is 11.8 Å². The molecule has 172 valence electrons. The lowest BCUT2D eigenvalue weighted by molar-refractivity contribution is -0.142. The summed E-state index contributed by atoms with van der Waals surface area (Å²) in [4.78, 5) is 35.6. The highest BCUT2D eigenvalue weighted by Gasteiger charge is 2.26. The molecule has 1 unspecified atom stereocenters. The van der Waals surface area contributed by atoms with Gasteiger partial charge in [0.05, 0.1) is 6.04 Å². The minimum absolute atomic E-state index is 0.273. The Balaban J connectivity index is 1.99. The fraction of sp³-hybridized carbons (Fsp3) is 0.348. The molecule has 8 nitrogen and oxygen atoms in total. The van der Waals surface area contributed by atoms with Crippen LogP contribution in [0.4, 0.5) is 0 Å². The first-order valence-electron chi connectivity index (χ1n) is 10.3. The number of carboxylic acid groups (broad SMARTS) is 2. The van der Waals surface area contributed by atoms with E-state index in [0.29, 0.717) is 30.0 Å². The average molecular weight is 460 g/mol. The number of hydrogen-bond acceptors (Lipinski definition) is 6. The van der Waals surface area contributed by atoms with Crippen molar-refractivity contribution in [1.82, 2.24) is 10.6 Å². The van der Waals surface area contributed by atoms with Gasteiger partial charge in [-0.25, -0.2) is 4.79 Å². The Morgan fingerprint density at radius 1 is 0.938 bits per heavy atom. The molecule has 3 atom stereocenters. The standard InChI is InChI=1S/C23H29N3O5S/c24-18(22(28)29)12-7-13-25-19(15-32-14-16-8-3-1-4-9-16)21(27)26-20(23(30)31)17-10-5-2-6-11-17/h1-6,8-11,18-20,25H,7,12-15,24H2,(H,26,27)(H,28,29)(H,30,31)/t18-,19-,20?/m0/s1. The topological polar surface area (TPSA) is 142 Å². The molecule has 2 aromatic rings. The number of carbonyl (C=O) groups is 3. The highest BCUT2D eigenvalue weighted by atomic mass is 32.2. The Kier molecular flexibility index (Phi) is 10.7. The van der Waals surface area contributed by atoms with E-state index in [4.69, 9.17) is 10.8 Å². The van der Waals surface area contributed by atoms with Crippen LogP contribution in [0.1, 0.15) is 30.0 Å².